The Labute approximate surface area is 203 Å². The van der Waals surface area contributed by atoms with Crippen molar-refractivity contribution in [2.75, 3.05) is 17.1 Å². The first-order valence-electron chi connectivity index (χ1n) is 11.8. The number of hydrogen-bond donors (Lipinski definition) is 1. The molecule has 34 heavy (non-hydrogen) atoms. The summed E-state index contributed by atoms with van der Waals surface area (Å²) in [6, 6.07) is 14.2. The smallest absolute Gasteiger partial charge is 0.244 e. The molecule has 7 nitrogen and oxygen atoms in total. The van der Waals surface area contributed by atoms with Gasteiger partial charge in [0.2, 0.25) is 21.8 Å². The molecule has 1 saturated carbocycles. The van der Waals surface area contributed by atoms with E-state index in [0.717, 1.165) is 52.9 Å². The zero-order chi connectivity index (χ0) is 24.9. The molecule has 1 aliphatic rings. The molecule has 0 aromatic heterocycles. The SMILES string of the molecule is Cc1cccc(N(CC(=O)N(Cc2ccccc2)C(C)C(=O)NC2CCCC2)S(C)(=O)=O)c1C. The van der Waals surface area contributed by atoms with Crippen molar-refractivity contribution in [2.45, 2.75) is 65.1 Å². The molecular formula is C26H35N3O4S. The molecule has 0 saturated heterocycles. The predicted octanol–water partition coefficient (Wildman–Crippen LogP) is 3.55. The lowest BCUT2D eigenvalue weighted by molar-refractivity contribution is -0.139. The van der Waals surface area contributed by atoms with E-state index in [1.807, 2.05) is 50.2 Å². The fourth-order valence-corrected chi connectivity index (χ4v) is 5.26. The van der Waals surface area contributed by atoms with E-state index in [9.17, 15) is 18.0 Å². The summed E-state index contributed by atoms with van der Waals surface area (Å²) in [6.07, 6.45) is 5.16. The van der Waals surface area contributed by atoms with Crippen molar-refractivity contribution in [1.29, 1.82) is 0 Å². The molecule has 2 aromatic carbocycles. The van der Waals surface area contributed by atoms with Crippen LogP contribution in [0.5, 0.6) is 0 Å². The number of sulfonamides is 1. The Bertz CT molecular complexity index is 1110. The van der Waals surface area contributed by atoms with Gasteiger partial charge >= 0.3 is 0 Å². The highest BCUT2D eigenvalue weighted by Gasteiger charge is 2.31. The van der Waals surface area contributed by atoms with Gasteiger partial charge in [-0.15, -0.1) is 0 Å². The summed E-state index contributed by atoms with van der Waals surface area (Å²) >= 11 is 0. The molecule has 2 amide bonds. The Morgan fingerprint density at radius 3 is 2.29 bits per heavy atom. The Morgan fingerprint density at radius 2 is 1.68 bits per heavy atom. The highest BCUT2D eigenvalue weighted by molar-refractivity contribution is 7.92. The van der Waals surface area contributed by atoms with E-state index in [1.54, 1.807) is 19.1 Å². The summed E-state index contributed by atoms with van der Waals surface area (Å²) < 4.78 is 26.6. The molecule has 0 aliphatic heterocycles. The second-order valence-corrected chi connectivity index (χ2v) is 11.1. The molecule has 0 bridgehead atoms. The van der Waals surface area contributed by atoms with Crippen LogP contribution in [-0.2, 0) is 26.2 Å². The van der Waals surface area contributed by atoms with Crippen molar-refractivity contribution < 1.29 is 18.0 Å². The Balaban J connectivity index is 1.89. The number of nitrogens with zero attached hydrogens (tertiary/aromatic N) is 2. The van der Waals surface area contributed by atoms with Crippen LogP contribution in [0.15, 0.2) is 48.5 Å². The van der Waals surface area contributed by atoms with Gasteiger partial charge in [-0.3, -0.25) is 13.9 Å². The summed E-state index contributed by atoms with van der Waals surface area (Å²) in [5, 5.41) is 3.07. The minimum absolute atomic E-state index is 0.131. The van der Waals surface area contributed by atoms with E-state index in [-0.39, 0.29) is 25.0 Å². The molecule has 1 fully saturated rings. The van der Waals surface area contributed by atoms with Gasteiger partial charge in [-0.25, -0.2) is 8.42 Å². The number of rotatable bonds is 9. The maximum Gasteiger partial charge on any atom is 0.244 e. The highest BCUT2D eigenvalue weighted by Crippen LogP contribution is 2.25. The van der Waals surface area contributed by atoms with Gasteiger partial charge in [0, 0.05) is 12.6 Å². The third-order valence-corrected chi connectivity index (χ3v) is 7.71. The Hall–Kier alpha value is -2.87. The van der Waals surface area contributed by atoms with Crippen molar-refractivity contribution in [1.82, 2.24) is 10.2 Å². The van der Waals surface area contributed by atoms with Crippen molar-refractivity contribution >= 4 is 27.5 Å². The van der Waals surface area contributed by atoms with E-state index in [0.29, 0.717) is 5.69 Å². The number of hydrogen-bond acceptors (Lipinski definition) is 4. The highest BCUT2D eigenvalue weighted by atomic mass is 32.2. The average Bonchev–Trinajstić information content (AvgIpc) is 3.30. The van der Waals surface area contributed by atoms with Gasteiger partial charge in [-0.05, 0) is 56.4 Å². The largest absolute Gasteiger partial charge is 0.352 e. The number of anilines is 1. The quantitative estimate of drug-likeness (QED) is 0.589. The van der Waals surface area contributed by atoms with Crippen molar-refractivity contribution in [3.63, 3.8) is 0 Å². The van der Waals surface area contributed by atoms with Gasteiger partial charge in [-0.1, -0.05) is 55.3 Å². The third-order valence-electron chi connectivity index (χ3n) is 6.59. The Kier molecular flexibility index (Phi) is 8.36. The molecule has 8 heteroatoms. The van der Waals surface area contributed by atoms with Crippen LogP contribution in [-0.4, -0.2) is 50.0 Å². The molecule has 1 atom stereocenters. The molecule has 1 aliphatic carbocycles. The minimum atomic E-state index is -3.74. The topological polar surface area (TPSA) is 86.8 Å². The first-order valence-corrected chi connectivity index (χ1v) is 13.6. The first-order chi connectivity index (χ1) is 16.1. The zero-order valence-corrected chi connectivity index (χ0v) is 21.3. The minimum Gasteiger partial charge on any atom is -0.352 e. The van der Waals surface area contributed by atoms with E-state index < -0.39 is 22.0 Å². The molecule has 1 unspecified atom stereocenters. The Morgan fingerprint density at radius 1 is 1.03 bits per heavy atom. The monoisotopic (exact) mass is 485 g/mol. The van der Waals surface area contributed by atoms with E-state index in [2.05, 4.69) is 5.32 Å². The standard InChI is InChI=1S/C26H35N3O4S/c1-19-11-10-16-24(20(19)2)29(34(4,32)33)18-25(30)28(17-22-12-6-5-7-13-22)21(3)26(31)27-23-14-8-9-15-23/h5-7,10-13,16,21,23H,8-9,14-15,17-18H2,1-4H3,(H,27,31). The fraction of sp³-hybridized carbons (Fsp3) is 0.462. The fourth-order valence-electron chi connectivity index (χ4n) is 4.36. The number of carbonyl (C=O) groups is 2. The van der Waals surface area contributed by atoms with Gasteiger partial charge in [-0.2, -0.15) is 0 Å². The lowest BCUT2D eigenvalue weighted by Gasteiger charge is -2.32. The van der Waals surface area contributed by atoms with Crippen LogP contribution in [0.25, 0.3) is 0 Å². The number of benzene rings is 2. The molecule has 1 N–H and O–H groups in total. The second-order valence-electron chi connectivity index (χ2n) is 9.16. The van der Waals surface area contributed by atoms with Crippen LogP contribution in [0.4, 0.5) is 5.69 Å². The third kappa shape index (κ3) is 6.38. The van der Waals surface area contributed by atoms with Gasteiger partial charge in [0.1, 0.15) is 12.6 Å². The lowest BCUT2D eigenvalue weighted by Crippen LogP contribution is -2.52. The molecule has 3 rings (SSSR count). The molecule has 0 radical (unpaired) electrons. The van der Waals surface area contributed by atoms with Gasteiger partial charge < -0.3 is 10.2 Å². The summed E-state index contributed by atoms with van der Waals surface area (Å²) in [4.78, 5) is 28.1. The molecule has 2 aromatic rings. The van der Waals surface area contributed by atoms with Crippen LogP contribution in [0.2, 0.25) is 0 Å². The summed E-state index contributed by atoms with van der Waals surface area (Å²) in [5.74, 6) is -0.641. The van der Waals surface area contributed by atoms with Crippen LogP contribution >= 0.6 is 0 Å². The number of carbonyl (C=O) groups excluding carboxylic acids is 2. The number of nitrogens with one attached hydrogen (secondary N) is 1. The van der Waals surface area contributed by atoms with Crippen molar-refractivity contribution in [3.05, 3.63) is 65.2 Å². The van der Waals surface area contributed by atoms with E-state index in [1.165, 1.54) is 4.90 Å². The number of aryl methyl sites for hydroxylation is 1. The summed E-state index contributed by atoms with van der Waals surface area (Å²) in [6.45, 7) is 5.28. The van der Waals surface area contributed by atoms with E-state index >= 15 is 0 Å². The molecular weight excluding hydrogens is 450 g/mol. The lowest BCUT2D eigenvalue weighted by atomic mass is 10.1. The maximum atomic E-state index is 13.6. The van der Waals surface area contributed by atoms with Gasteiger partial charge in [0.25, 0.3) is 0 Å². The molecule has 0 spiro atoms. The van der Waals surface area contributed by atoms with Gasteiger partial charge in [0.15, 0.2) is 0 Å². The second kappa shape index (κ2) is 11.0. The van der Waals surface area contributed by atoms with Crippen LogP contribution in [0.1, 0.15) is 49.3 Å². The normalized spacial score (nSPS) is 15.1. The van der Waals surface area contributed by atoms with Crippen LogP contribution < -0.4 is 9.62 Å². The maximum absolute atomic E-state index is 13.6. The number of amides is 2. The summed E-state index contributed by atoms with van der Waals surface area (Å²) in [5.41, 5.74) is 3.07. The van der Waals surface area contributed by atoms with Crippen LogP contribution in [0.3, 0.4) is 0 Å². The summed E-state index contributed by atoms with van der Waals surface area (Å²) in [7, 11) is -3.74. The predicted molar refractivity (Wildman–Crippen MR) is 135 cm³/mol. The van der Waals surface area contributed by atoms with Crippen molar-refractivity contribution in [3.8, 4) is 0 Å². The average molecular weight is 486 g/mol. The van der Waals surface area contributed by atoms with E-state index in [4.69, 9.17) is 0 Å². The first kappa shape index (κ1) is 25.7. The van der Waals surface area contributed by atoms with Crippen molar-refractivity contribution in [2.24, 2.45) is 0 Å². The zero-order valence-electron chi connectivity index (χ0n) is 20.5. The molecule has 184 valence electrons. The molecule has 0 heterocycles. The van der Waals surface area contributed by atoms with Crippen LogP contribution in [0, 0.1) is 13.8 Å². The van der Waals surface area contributed by atoms with Gasteiger partial charge in [0.05, 0.1) is 11.9 Å².